The number of aliphatic hydroxyl groups excluding tert-OH is 1. The lowest BCUT2D eigenvalue weighted by Gasteiger charge is -2.12. The zero-order valence-corrected chi connectivity index (χ0v) is 14.2. The van der Waals surface area contributed by atoms with Crippen LogP contribution in [-0.2, 0) is 0 Å². The second-order valence-electron chi connectivity index (χ2n) is 4.26. The van der Waals surface area contributed by atoms with Gasteiger partial charge in [0.2, 0.25) is 0 Å². The van der Waals surface area contributed by atoms with Gasteiger partial charge in [-0.05, 0) is 58.7 Å². The van der Waals surface area contributed by atoms with Gasteiger partial charge in [-0.2, -0.15) is 0 Å². The van der Waals surface area contributed by atoms with Crippen LogP contribution in [0, 0.1) is 0 Å². The summed E-state index contributed by atoms with van der Waals surface area (Å²) in [5, 5.41) is 9.59. The van der Waals surface area contributed by atoms with Crippen LogP contribution in [0.5, 0.6) is 17.2 Å². The Morgan fingerprint density at radius 2 is 1.65 bits per heavy atom. The van der Waals surface area contributed by atoms with E-state index < -0.39 is 6.10 Å². The lowest BCUT2D eigenvalue weighted by atomic mass is 10.1. The first-order valence-electron chi connectivity index (χ1n) is 6.00. The van der Waals surface area contributed by atoms with Crippen LogP contribution in [0.4, 0.5) is 0 Å². The van der Waals surface area contributed by atoms with Gasteiger partial charge in [0.05, 0.1) is 17.7 Å². The molecule has 0 bridgehead atoms. The first-order valence-corrected chi connectivity index (χ1v) is 7.58. The number of ether oxygens (including phenoxy) is 2. The normalized spacial score (nSPS) is 12.1. The Morgan fingerprint density at radius 3 is 2.20 bits per heavy atom. The van der Waals surface area contributed by atoms with E-state index >= 15 is 0 Å². The van der Waals surface area contributed by atoms with Crippen molar-refractivity contribution >= 4 is 31.9 Å². The summed E-state index contributed by atoms with van der Waals surface area (Å²) in [5.41, 5.74) is 0.825. The molecule has 1 atom stereocenters. The van der Waals surface area contributed by atoms with E-state index in [1.54, 1.807) is 14.0 Å². The number of hydrogen-bond donors (Lipinski definition) is 1. The van der Waals surface area contributed by atoms with Crippen molar-refractivity contribution in [2.24, 2.45) is 0 Å². The smallest absolute Gasteiger partial charge is 0.141 e. The van der Waals surface area contributed by atoms with Crippen molar-refractivity contribution in [3.63, 3.8) is 0 Å². The number of rotatable bonds is 4. The highest BCUT2D eigenvalue weighted by atomic mass is 79.9. The molecule has 3 nitrogen and oxygen atoms in total. The maximum atomic E-state index is 9.59. The summed E-state index contributed by atoms with van der Waals surface area (Å²) >= 11 is 6.88. The molecule has 0 aliphatic rings. The highest BCUT2D eigenvalue weighted by molar-refractivity contribution is 9.10. The molecular formula is C15H14Br2O3. The summed E-state index contributed by atoms with van der Waals surface area (Å²) in [6, 6.07) is 11.0. The Hall–Kier alpha value is -1.04. The molecule has 0 aromatic heterocycles. The lowest BCUT2D eigenvalue weighted by molar-refractivity contribution is 0.198. The number of hydrogen-bond acceptors (Lipinski definition) is 3. The predicted molar refractivity (Wildman–Crippen MR) is 85.5 cm³/mol. The van der Waals surface area contributed by atoms with Crippen molar-refractivity contribution in [2.75, 3.05) is 7.11 Å². The van der Waals surface area contributed by atoms with E-state index in [-0.39, 0.29) is 0 Å². The molecule has 0 spiro atoms. The van der Waals surface area contributed by atoms with E-state index in [1.807, 2.05) is 36.4 Å². The summed E-state index contributed by atoms with van der Waals surface area (Å²) in [6.45, 7) is 1.72. The number of halogens is 2. The second-order valence-corrected chi connectivity index (χ2v) is 5.97. The molecule has 0 aliphatic heterocycles. The van der Waals surface area contributed by atoms with Gasteiger partial charge < -0.3 is 14.6 Å². The zero-order valence-electron chi connectivity index (χ0n) is 11.1. The van der Waals surface area contributed by atoms with Gasteiger partial charge in [0.25, 0.3) is 0 Å². The van der Waals surface area contributed by atoms with Crippen LogP contribution in [0.25, 0.3) is 0 Å². The van der Waals surface area contributed by atoms with E-state index in [9.17, 15) is 5.11 Å². The molecule has 0 radical (unpaired) electrons. The van der Waals surface area contributed by atoms with E-state index in [4.69, 9.17) is 9.47 Å². The fraction of sp³-hybridized carbons (Fsp3) is 0.200. The van der Waals surface area contributed by atoms with Gasteiger partial charge in [0.15, 0.2) is 0 Å². The van der Waals surface area contributed by atoms with Crippen LogP contribution in [0.15, 0.2) is 45.3 Å². The van der Waals surface area contributed by atoms with E-state index in [2.05, 4.69) is 31.9 Å². The molecule has 0 saturated carbocycles. The zero-order chi connectivity index (χ0) is 14.7. The highest BCUT2D eigenvalue weighted by Crippen LogP contribution is 2.35. The standard InChI is InChI=1S/C15H14Br2O3/c1-9(18)12-5-3-11(8-13(12)16)20-15-6-4-10(19-2)7-14(15)17/h3-9,18H,1-2H3/t9-/m1/s1. The monoisotopic (exact) mass is 400 g/mol. The van der Waals surface area contributed by atoms with Gasteiger partial charge in [-0.25, -0.2) is 0 Å². The maximum Gasteiger partial charge on any atom is 0.141 e. The lowest BCUT2D eigenvalue weighted by Crippen LogP contribution is -1.93. The van der Waals surface area contributed by atoms with Crippen LogP contribution in [-0.4, -0.2) is 12.2 Å². The summed E-state index contributed by atoms with van der Waals surface area (Å²) in [4.78, 5) is 0. The van der Waals surface area contributed by atoms with E-state index in [0.29, 0.717) is 11.5 Å². The molecule has 5 heteroatoms. The molecule has 0 aliphatic carbocycles. The molecule has 20 heavy (non-hydrogen) atoms. The van der Waals surface area contributed by atoms with Gasteiger partial charge in [-0.1, -0.05) is 22.0 Å². The second kappa shape index (κ2) is 6.61. The Kier molecular flexibility index (Phi) is 5.07. The van der Waals surface area contributed by atoms with Crippen molar-refractivity contribution in [3.05, 3.63) is 50.9 Å². The van der Waals surface area contributed by atoms with Crippen molar-refractivity contribution in [1.29, 1.82) is 0 Å². The molecule has 0 heterocycles. The topological polar surface area (TPSA) is 38.7 Å². The Bertz CT molecular complexity index is 612. The molecule has 2 aromatic carbocycles. The fourth-order valence-electron chi connectivity index (χ4n) is 1.73. The first-order chi connectivity index (χ1) is 9.51. The minimum Gasteiger partial charge on any atom is -0.497 e. The van der Waals surface area contributed by atoms with Crippen LogP contribution >= 0.6 is 31.9 Å². The third-order valence-corrected chi connectivity index (χ3v) is 4.10. The molecule has 0 amide bonds. The van der Waals surface area contributed by atoms with E-state index in [0.717, 1.165) is 20.3 Å². The number of aliphatic hydroxyl groups is 1. The molecule has 2 aromatic rings. The van der Waals surface area contributed by atoms with Crippen molar-refractivity contribution < 1.29 is 14.6 Å². The molecule has 0 saturated heterocycles. The van der Waals surface area contributed by atoms with Crippen LogP contribution in [0.2, 0.25) is 0 Å². The minimum absolute atomic E-state index is 0.522. The maximum absolute atomic E-state index is 9.59. The molecule has 0 fully saturated rings. The molecule has 1 N–H and O–H groups in total. The molecule has 106 valence electrons. The minimum atomic E-state index is -0.522. The quantitative estimate of drug-likeness (QED) is 0.777. The molecular weight excluding hydrogens is 388 g/mol. The number of benzene rings is 2. The van der Waals surface area contributed by atoms with Gasteiger partial charge in [0.1, 0.15) is 17.2 Å². The first kappa shape index (κ1) is 15.4. The van der Waals surface area contributed by atoms with Crippen molar-refractivity contribution in [3.8, 4) is 17.2 Å². The SMILES string of the molecule is COc1ccc(Oc2ccc([C@@H](C)O)c(Br)c2)c(Br)c1. The average Bonchev–Trinajstić information content (AvgIpc) is 2.40. The largest absolute Gasteiger partial charge is 0.497 e. The van der Waals surface area contributed by atoms with Crippen molar-refractivity contribution in [1.82, 2.24) is 0 Å². The Balaban J connectivity index is 2.24. The molecule has 2 rings (SSSR count). The van der Waals surface area contributed by atoms with Crippen LogP contribution in [0.1, 0.15) is 18.6 Å². The van der Waals surface area contributed by atoms with Crippen LogP contribution < -0.4 is 9.47 Å². The van der Waals surface area contributed by atoms with E-state index in [1.165, 1.54) is 0 Å². The van der Waals surface area contributed by atoms with Gasteiger partial charge in [-0.3, -0.25) is 0 Å². The Morgan fingerprint density at radius 1 is 1.00 bits per heavy atom. The van der Waals surface area contributed by atoms with Gasteiger partial charge in [0, 0.05) is 4.47 Å². The predicted octanol–water partition coefficient (Wildman–Crippen LogP) is 5.07. The average molecular weight is 402 g/mol. The summed E-state index contributed by atoms with van der Waals surface area (Å²) in [5.74, 6) is 2.14. The van der Waals surface area contributed by atoms with Crippen molar-refractivity contribution in [2.45, 2.75) is 13.0 Å². The van der Waals surface area contributed by atoms with Gasteiger partial charge in [-0.15, -0.1) is 0 Å². The number of methoxy groups -OCH3 is 1. The van der Waals surface area contributed by atoms with Crippen LogP contribution in [0.3, 0.4) is 0 Å². The highest BCUT2D eigenvalue weighted by Gasteiger charge is 2.09. The van der Waals surface area contributed by atoms with Gasteiger partial charge >= 0.3 is 0 Å². The summed E-state index contributed by atoms with van der Waals surface area (Å²) in [6.07, 6.45) is -0.522. The Labute approximate surface area is 134 Å². The fourth-order valence-corrected chi connectivity index (χ4v) is 2.86. The third kappa shape index (κ3) is 3.53. The summed E-state index contributed by atoms with van der Waals surface area (Å²) < 4.78 is 12.6. The third-order valence-electron chi connectivity index (χ3n) is 2.79. The molecule has 0 unspecified atom stereocenters. The summed E-state index contributed by atoms with van der Waals surface area (Å²) in [7, 11) is 1.62.